The van der Waals surface area contributed by atoms with E-state index in [1.165, 1.54) is 11.3 Å². The molecule has 4 rings (SSSR count). The third kappa shape index (κ3) is 4.05. The molecule has 1 fully saturated rings. The number of aromatic nitrogens is 1. The third-order valence-electron chi connectivity index (χ3n) is 5.26. The number of hydrogen-bond donors (Lipinski definition) is 1. The number of primary amides is 1. The fourth-order valence-corrected chi connectivity index (χ4v) is 3.67. The summed E-state index contributed by atoms with van der Waals surface area (Å²) in [4.78, 5) is 11.4. The maximum absolute atomic E-state index is 11.4. The summed E-state index contributed by atoms with van der Waals surface area (Å²) in [5.41, 5.74) is 8.98. The fraction of sp³-hybridized carbons (Fsp3) is 0.261. The summed E-state index contributed by atoms with van der Waals surface area (Å²) in [5.74, 6) is 0.642. The normalized spacial score (nSPS) is 14.7. The van der Waals surface area contributed by atoms with Crippen molar-refractivity contribution in [2.75, 3.05) is 0 Å². The van der Waals surface area contributed by atoms with E-state index < -0.39 is 0 Å². The first kappa shape index (κ1) is 17.4. The Labute approximate surface area is 159 Å². The largest absolute Gasteiger partial charge is 0.489 e. The zero-order chi connectivity index (χ0) is 18.7. The molecule has 3 aromatic rings. The van der Waals surface area contributed by atoms with Crippen LogP contribution in [0.25, 0.3) is 0 Å². The van der Waals surface area contributed by atoms with Crippen molar-refractivity contribution in [3.05, 3.63) is 89.7 Å². The van der Waals surface area contributed by atoms with Crippen LogP contribution in [0.4, 0.5) is 0 Å². The highest BCUT2D eigenvalue weighted by molar-refractivity contribution is 5.76. The quantitative estimate of drug-likeness (QED) is 0.659. The van der Waals surface area contributed by atoms with Gasteiger partial charge in [0, 0.05) is 30.3 Å². The molecule has 1 heterocycles. The van der Waals surface area contributed by atoms with E-state index in [-0.39, 0.29) is 11.3 Å². The second-order valence-electron chi connectivity index (χ2n) is 7.36. The van der Waals surface area contributed by atoms with Crippen molar-refractivity contribution in [3.63, 3.8) is 0 Å². The Morgan fingerprint density at radius 2 is 1.70 bits per heavy atom. The van der Waals surface area contributed by atoms with E-state index in [1.54, 1.807) is 0 Å². The van der Waals surface area contributed by atoms with Gasteiger partial charge >= 0.3 is 0 Å². The van der Waals surface area contributed by atoms with Crippen molar-refractivity contribution in [1.29, 1.82) is 0 Å². The van der Waals surface area contributed by atoms with Gasteiger partial charge in [0.25, 0.3) is 0 Å². The molecule has 1 aliphatic carbocycles. The van der Waals surface area contributed by atoms with Gasteiger partial charge in [-0.25, -0.2) is 0 Å². The second-order valence-corrected chi connectivity index (χ2v) is 7.36. The molecule has 0 bridgehead atoms. The first-order valence-corrected chi connectivity index (χ1v) is 9.34. The van der Waals surface area contributed by atoms with E-state index in [4.69, 9.17) is 10.5 Å². The number of nitrogens with two attached hydrogens (primary N) is 1. The summed E-state index contributed by atoms with van der Waals surface area (Å²) in [5, 5.41) is 0. The van der Waals surface area contributed by atoms with Gasteiger partial charge < -0.3 is 15.0 Å². The molecular weight excluding hydrogens is 336 g/mol. The lowest BCUT2D eigenvalue weighted by atomic mass is 9.97. The van der Waals surface area contributed by atoms with Crippen molar-refractivity contribution in [2.45, 2.75) is 37.8 Å². The van der Waals surface area contributed by atoms with Crippen molar-refractivity contribution in [1.82, 2.24) is 4.57 Å². The van der Waals surface area contributed by atoms with E-state index in [0.717, 1.165) is 30.7 Å². The molecule has 0 atom stereocenters. The van der Waals surface area contributed by atoms with Gasteiger partial charge in [0.05, 0.1) is 0 Å². The molecule has 0 radical (unpaired) electrons. The lowest BCUT2D eigenvalue weighted by molar-refractivity contribution is -0.118. The van der Waals surface area contributed by atoms with Gasteiger partial charge in [0.2, 0.25) is 5.91 Å². The van der Waals surface area contributed by atoms with Gasteiger partial charge in [0.1, 0.15) is 12.4 Å². The van der Waals surface area contributed by atoms with Crippen LogP contribution in [0, 0.1) is 0 Å². The minimum Gasteiger partial charge on any atom is -0.489 e. The van der Waals surface area contributed by atoms with E-state index in [2.05, 4.69) is 41.1 Å². The zero-order valence-electron chi connectivity index (χ0n) is 15.3. The van der Waals surface area contributed by atoms with Gasteiger partial charge in [-0.15, -0.1) is 0 Å². The molecule has 27 heavy (non-hydrogen) atoms. The molecule has 4 heteroatoms. The molecule has 1 aliphatic rings. The highest BCUT2D eigenvalue weighted by Gasteiger charge is 2.47. The second kappa shape index (κ2) is 7.31. The van der Waals surface area contributed by atoms with Crippen LogP contribution in [0.2, 0.25) is 0 Å². The Bertz CT molecular complexity index is 909. The van der Waals surface area contributed by atoms with Crippen LogP contribution >= 0.6 is 0 Å². The average Bonchev–Trinajstić information content (AvgIpc) is 3.28. The Hall–Kier alpha value is -3.01. The molecule has 1 saturated carbocycles. The van der Waals surface area contributed by atoms with E-state index in [1.807, 2.05) is 36.4 Å². The number of hydrogen-bond acceptors (Lipinski definition) is 2. The Kier molecular flexibility index (Phi) is 4.71. The number of carbonyl (C=O) groups excluding carboxylic acids is 1. The number of nitrogens with zero attached hydrogens (tertiary/aromatic N) is 1. The van der Waals surface area contributed by atoms with Gasteiger partial charge in [-0.05, 0) is 48.2 Å². The van der Waals surface area contributed by atoms with Gasteiger partial charge in [-0.2, -0.15) is 0 Å². The van der Waals surface area contributed by atoms with Crippen LogP contribution in [0.1, 0.15) is 36.1 Å². The third-order valence-corrected chi connectivity index (χ3v) is 5.26. The van der Waals surface area contributed by atoms with Crippen molar-refractivity contribution in [2.24, 2.45) is 5.73 Å². The van der Waals surface area contributed by atoms with Crippen LogP contribution in [-0.4, -0.2) is 10.5 Å². The zero-order valence-corrected chi connectivity index (χ0v) is 15.3. The first-order chi connectivity index (χ1) is 13.1. The average molecular weight is 360 g/mol. The number of benzene rings is 2. The maximum atomic E-state index is 11.4. The summed E-state index contributed by atoms with van der Waals surface area (Å²) in [7, 11) is 0. The smallest absolute Gasteiger partial charge is 0.218 e. The van der Waals surface area contributed by atoms with E-state index in [0.29, 0.717) is 13.0 Å². The summed E-state index contributed by atoms with van der Waals surface area (Å²) in [6.45, 7) is 1.35. The molecule has 4 nitrogen and oxygen atoms in total. The van der Waals surface area contributed by atoms with E-state index >= 15 is 0 Å². The molecule has 0 unspecified atom stereocenters. The van der Waals surface area contributed by atoms with E-state index in [9.17, 15) is 4.79 Å². The number of carbonyl (C=O) groups is 1. The summed E-state index contributed by atoms with van der Waals surface area (Å²) in [6, 6.07) is 22.5. The Morgan fingerprint density at radius 3 is 2.37 bits per heavy atom. The predicted octanol–water partition coefficient (Wildman–Crippen LogP) is 4.02. The molecule has 138 valence electrons. The molecule has 2 aromatic carbocycles. The van der Waals surface area contributed by atoms with Crippen LogP contribution in [0.15, 0.2) is 72.9 Å². The Balaban J connectivity index is 1.41. The summed E-state index contributed by atoms with van der Waals surface area (Å²) in [6.07, 6.45) is 4.58. The molecule has 2 N–H and O–H groups in total. The highest BCUT2D eigenvalue weighted by atomic mass is 16.5. The fourth-order valence-electron chi connectivity index (χ4n) is 3.67. The molecule has 0 saturated heterocycles. The minimum atomic E-state index is -0.222. The maximum Gasteiger partial charge on any atom is 0.218 e. The van der Waals surface area contributed by atoms with Crippen LogP contribution in [0.3, 0.4) is 0 Å². The highest BCUT2D eigenvalue weighted by Crippen LogP contribution is 2.51. The number of amides is 1. The molecule has 0 spiro atoms. The van der Waals surface area contributed by atoms with Crippen LogP contribution in [-0.2, 0) is 23.4 Å². The monoisotopic (exact) mass is 360 g/mol. The predicted molar refractivity (Wildman–Crippen MR) is 105 cm³/mol. The van der Waals surface area contributed by atoms with Crippen molar-refractivity contribution < 1.29 is 9.53 Å². The molecule has 1 amide bonds. The Morgan fingerprint density at radius 1 is 0.963 bits per heavy atom. The molecular formula is C23H24N2O2. The SMILES string of the molecule is NC(=O)CC1(c2cccn2Cc2ccc(OCc3ccccc3)cc2)CC1. The van der Waals surface area contributed by atoms with Gasteiger partial charge in [0.15, 0.2) is 0 Å². The van der Waals surface area contributed by atoms with Crippen LogP contribution in [0.5, 0.6) is 5.75 Å². The lowest BCUT2D eigenvalue weighted by Gasteiger charge is -2.17. The number of ether oxygens (including phenoxy) is 1. The van der Waals surface area contributed by atoms with Gasteiger partial charge in [-0.1, -0.05) is 42.5 Å². The topological polar surface area (TPSA) is 57.2 Å². The standard InChI is InChI=1S/C23H24N2O2/c24-22(26)15-23(12-13-23)21-7-4-14-25(21)16-18-8-10-20(11-9-18)27-17-19-5-2-1-3-6-19/h1-11,14H,12-13,15-17H2,(H2,24,26). The summed E-state index contributed by atoms with van der Waals surface area (Å²) < 4.78 is 8.09. The van der Waals surface area contributed by atoms with Crippen molar-refractivity contribution >= 4 is 5.91 Å². The van der Waals surface area contributed by atoms with Gasteiger partial charge in [-0.3, -0.25) is 4.79 Å². The summed E-state index contributed by atoms with van der Waals surface area (Å²) >= 11 is 0. The molecule has 1 aromatic heterocycles. The molecule has 0 aliphatic heterocycles. The van der Waals surface area contributed by atoms with Crippen LogP contribution < -0.4 is 10.5 Å². The minimum absolute atomic E-state index is 0.0476. The first-order valence-electron chi connectivity index (χ1n) is 9.34. The lowest BCUT2D eigenvalue weighted by Crippen LogP contribution is -2.22. The van der Waals surface area contributed by atoms with Crippen molar-refractivity contribution in [3.8, 4) is 5.75 Å². The number of rotatable bonds is 8.